The lowest BCUT2D eigenvalue weighted by Crippen LogP contribution is -2.10. The molecule has 2 nitrogen and oxygen atoms in total. The molecule has 0 amide bonds. The monoisotopic (exact) mass is 382 g/mol. The van der Waals surface area contributed by atoms with Crippen LogP contribution < -0.4 is 0 Å². The van der Waals surface area contributed by atoms with E-state index in [1.165, 1.54) is 22.3 Å². The van der Waals surface area contributed by atoms with Crippen molar-refractivity contribution in [2.75, 3.05) is 0 Å². The van der Waals surface area contributed by atoms with Crippen LogP contribution >= 0.6 is 0 Å². The molecule has 2 atom stereocenters. The van der Waals surface area contributed by atoms with Gasteiger partial charge in [-0.1, -0.05) is 88.4 Å². The minimum absolute atomic E-state index is 0.485. The highest BCUT2D eigenvalue weighted by Gasteiger charge is 2.22. The molecular formula is C27H30N2. The molecule has 0 saturated carbocycles. The largest absolute Gasteiger partial charge is 0.292 e. The zero-order chi connectivity index (χ0) is 20.4. The molecule has 0 aliphatic heterocycles. The molecule has 29 heavy (non-hydrogen) atoms. The van der Waals surface area contributed by atoms with Crippen molar-refractivity contribution in [3.05, 3.63) is 83.9 Å². The topological polar surface area (TPSA) is 17.8 Å². The van der Waals surface area contributed by atoms with Gasteiger partial charge in [0.1, 0.15) is 5.82 Å². The lowest BCUT2D eigenvalue weighted by molar-refractivity contribution is 0.701. The molecule has 2 heteroatoms. The molecule has 3 aromatic carbocycles. The molecule has 148 valence electrons. The second-order valence-electron chi connectivity index (χ2n) is 8.03. The van der Waals surface area contributed by atoms with Gasteiger partial charge in [-0.05, 0) is 47.9 Å². The Hall–Kier alpha value is -2.87. The minimum atomic E-state index is 0.485. The SMILES string of the molecule is CCC(C)c1cccc(C(C)CC)c1-n1c(-c2ccccc2)nc2ccccc21. The maximum atomic E-state index is 5.07. The van der Waals surface area contributed by atoms with Crippen LogP contribution in [0.15, 0.2) is 72.8 Å². The van der Waals surface area contributed by atoms with Gasteiger partial charge < -0.3 is 0 Å². The lowest BCUT2D eigenvalue weighted by atomic mass is 9.88. The second kappa shape index (κ2) is 8.24. The zero-order valence-corrected chi connectivity index (χ0v) is 17.9. The molecule has 0 aliphatic carbocycles. The van der Waals surface area contributed by atoms with Crippen LogP contribution in [0.25, 0.3) is 28.1 Å². The van der Waals surface area contributed by atoms with Gasteiger partial charge in [0.15, 0.2) is 0 Å². The third kappa shape index (κ3) is 3.48. The van der Waals surface area contributed by atoms with Gasteiger partial charge in [0.05, 0.1) is 16.7 Å². The maximum Gasteiger partial charge on any atom is 0.145 e. The summed E-state index contributed by atoms with van der Waals surface area (Å²) in [6.07, 6.45) is 2.23. The molecule has 0 bridgehead atoms. The molecule has 0 spiro atoms. The van der Waals surface area contributed by atoms with Gasteiger partial charge in [-0.25, -0.2) is 4.98 Å². The van der Waals surface area contributed by atoms with E-state index >= 15 is 0 Å². The highest BCUT2D eigenvalue weighted by atomic mass is 15.1. The number of hydrogen-bond acceptors (Lipinski definition) is 1. The van der Waals surface area contributed by atoms with Gasteiger partial charge in [0, 0.05) is 5.56 Å². The standard InChI is InChI=1S/C27H30N2/c1-5-19(3)22-15-12-16-23(20(4)6-2)26(22)29-25-18-11-10-17-24(25)28-27(29)21-13-8-7-9-14-21/h7-20H,5-6H2,1-4H3. The van der Waals surface area contributed by atoms with Crippen molar-refractivity contribution < 1.29 is 0 Å². The Morgan fingerprint density at radius 3 is 1.93 bits per heavy atom. The first-order valence-electron chi connectivity index (χ1n) is 10.8. The van der Waals surface area contributed by atoms with Gasteiger partial charge >= 0.3 is 0 Å². The summed E-state index contributed by atoms with van der Waals surface area (Å²) < 4.78 is 2.41. The molecule has 0 radical (unpaired) electrons. The van der Waals surface area contributed by atoms with Gasteiger partial charge in [0.2, 0.25) is 0 Å². The van der Waals surface area contributed by atoms with E-state index in [0.29, 0.717) is 11.8 Å². The highest BCUT2D eigenvalue weighted by Crippen LogP contribution is 2.38. The van der Waals surface area contributed by atoms with E-state index in [1.807, 2.05) is 0 Å². The Balaban J connectivity index is 2.12. The fourth-order valence-corrected chi connectivity index (χ4v) is 4.11. The average molecular weight is 383 g/mol. The van der Waals surface area contributed by atoms with E-state index in [2.05, 4.69) is 105 Å². The number of imidazole rings is 1. The van der Waals surface area contributed by atoms with Crippen molar-refractivity contribution in [3.8, 4) is 17.1 Å². The van der Waals surface area contributed by atoms with Crippen LogP contribution in [-0.4, -0.2) is 9.55 Å². The molecule has 0 N–H and O–H groups in total. The molecule has 0 aliphatic rings. The summed E-state index contributed by atoms with van der Waals surface area (Å²) in [6, 6.07) is 25.9. The summed E-state index contributed by atoms with van der Waals surface area (Å²) in [5.41, 5.74) is 7.50. The fourth-order valence-electron chi connectivity index (χ4n) is 4.11. The van der Waals surface area contributed by atoms with E-state index in [0.717, 1.165) is 29.7 Å². The minimum Gasteiger partial charge on any atom is -0.292 e. The van der Waals surface area contributed by atoms with Gasteiger partial charge in [-0.15, -0.1) is 0 Å². The lowest BCUT2D eigenvalue weighted by Gasteiger charge is -2.24. The number of aromatic nitrogens is 2. The summed E-state index contributed by atoms with van der Waals surface area (Å²) in [7, 11) is 0. The first-order chi connectivity index (χ1) is 14.2. The predicted molar refractivity (Wildman–Crippen MR) is 124 cm³/mol. The van der Waals surface area contributed by atoms with E-state index in [1.54, 1.807) is 0 Å². The van der Waals surface area contributed by atoms with Gasteiger partial charge in [-0.2, -0.15) is 0 Å². The van der Waals surface area contributed by atoms with E-state index in [-0.39, 0.29) is 0 Å². The van der Waals surface area contributed by atoms with Crippen molar-refractivity contribution in [3.63, 3.8) is 0 Å². The highest BCUT2D eigenvalue weighted by molar-refractivity contribution is 5.84. The third-order valence-electron chi connectivity index (χ3n) is 6.20. The maximum absolute atomic E-state index is 5.07. The molecule has 4 rings (SSSR count). The quantitative estimate of drug-likeness (QED) is 0.334. The van der Waals surface area contributed by atoms with Crippen molar-refractivity contribution >= 4 is 11.0 Å². The van der Waals surface area contributed by atoms with Crippen molar-refractivity contribution in [2.24, 2.45) is 0 Å². The molecule has 2 unspecified atom stereocenters. The summed E-state index contributed by atoms with van der Waals surface area (Å²) in [5, 5.41) is 0. The second-order valence-corrected chi connectivity index (χ2v) is 8.03. The third-order valence-corrected chi connectivity index (χ3v) is 6.20. The van der Waals surface area contributed by atoms with E-state index in [9.17, 15) is 0 Å². The Labute approximate surface area is 174 Å². The normalized spacial score (nSPS) is 13.5. The Kier molecular flexibility index (Phi) is 5.53. The van der Waals surface area contributed by atoms with Gasteiger partial charge in [-0.3, -0.25) is 4.57 Å². The average Bonchev–Trinajstić information content (AvgIpc) is 3.17. The fraction of sp³-hybridized carbons (Fsp3) is 0.296. The van der Waals surface area contributed by atoms with Crippen LogP contribution in [0.3, 0.4) is 0 Å². The van der Waals surface area contributed by atoms with E-state index < -0.39 is 0 Å². The number of para-hydroxylation sites is 3. The van der Waals surface area contributed by atoms with Crippen molar-refractivity contribution in [1.82, 2.24) is 9.55 Å². The Morgan fingerprint density at radius 2 is 1.31 bits per heavy atom. The molecule has 1 heterocycles. The number of nitrogens with zero attached hydrogens (tertiary/aromatic N) is 2. The summed E-state index contributed by atoms with van der Waals surface area (Å²) >= 11 is 0. The molecular weight excluding hydrogens is 352 g/mol. The van der Waals surface area contributed by atoms with Crippen LogP contribution in [-0.2, 0) is 0 Å². The Bertz CT molecular complexity index is 1080. The number of rotatable bonds is 6. The van der Waals surface area contributed by atoms with Gasteiger partial charge in [0.25, 0.3) is 0 Å². The summed E-state index contributed by atoms with van der Waals surface area (Å²) in [4.78, 5) is 5.07. The molecule has 1 aromatic heterocycles. The zero-order valence-electron chi connectivity index (χ0n) is 17.9. The molecule has 0 saturated heterocycles. The Morgan fingerprint density at radius 1 is 0.724 bits per heavy atom. The number of benzene rings is 3. The van der Waals surface area contributed by atoms with Crippen LogP contribution in [0.5, 0.6) is 0 Å². The van der Waals surface area contributed by atoms with Crippen LogP contribution in [0.1, 0.15) is 63.5 Å². The van der Waals surface area contributed by atoms with E-state index in [4.69, 9.17) is 4.98 Å². The first kappa shape index (κ1) is 19.4. The van der Waals surface area contributed by atoms with Crippen LogP contribution in [0.4, 0.5) is 0 Å². The molecule has 0 fully saturated rings. The van der Waals surface area contributed by atoms with Crippen molar-refractivity contribution in [2.45, 2.75) is 52.4 Å². The molecule has 4 aromatic rings. The van der Waals surface area contributed by atoms with Crippen LogP contribution in [0.2, 0.25) is 0 Å². The number of fused-ring (bicyclic) bond motifs is 1. The summed E-state index contributed by atoms with van der Waals surface area (Å²) in [6.45, 7) is 9.21. The van der Waals surface area contributed by atoms with Crippen LogP contribution in [0, 0.1) is 0 Å². The smallest absolute Gasteiger partial charge is 0.145 e. The number of hydrogen-bond donors (Lipinski definition) is 0. The first-order valence-corrected chi connectivity index (χ1v) is 10.8. The predicted octanol–water partition coefficient (Wildman–Crippen LogP) is 7.72. The summed E-state index contributed by atoms with van der Waals surface area (Å²) in [5.74, 6) is 1.99. The van der Waals surface area contributed by atoms with Crippen molar-refractivity contribution in [1.29, 1.82) is 0 Å².